The van der Waals surface area contributed by atoms with E-state index in [2.05, 4.69) is 13.0 Å². The first kappa shape index (κ1) is 16.9. The Hall–Kier alpha value is -1.49. The number of ether oxygens (including phenoxy) is 1. The van der Waals surface area contributed by atoms with E-state index in [1.54, 1.807) is 0 Å². The SMILES string of the molecule is CCCC[C@H]1CC[C@H](CCCOc2ccc(C#N)cc2)CC1. The standard InChI is InChI=1S/C20H29NO/c1-2-3-5-17-7-9-18(10-8-17)6-4-15-22-20-13-11-19(16-21)12-14-20/h11-14,17-18H,2-10,15H2,1H3/t17-,18-. The van der Waals surface area contributed by atoms with Crippen LogP contribution in [0, 0.1) is 23.2 Å². The molecule has 2 heteroatoms. The minimum absolute atomic E-state index is 0.687. The summed E-state index contributed by atoms with van der Waals surface area (Å²) in [5, 5.41) is 8.76. The molecule has 1 fully saturated rings. The van der Waals surface area contributed by atoms with Gasteiger partial charge in [0.25, 0.3) is 0 Å². The highest BCUT2D eigenvalue weighted by Gasteiger charge is 2.20. The molecular formula is C20H29NO. The van der Waals surface area contributed by atoms with Gasteiger partial charge in [-0.3, -0.25) is 0 Å². The molecule has 0 saturated heterocycles. The summed E-state index contributed by atoms with van der Waals surface area (Å²) in [6, 6.07) is 9.52. The molecule has 0 radical (unpaired) electrons. The van der Waals surface area contributed by atoms with E-state index in [0.717, 1.165) is 30.6 Å². The molecule has 0 heterocycles. The van der Waals surface area contributed by atoms with Gasteiger partial charge in [-0.15, -0.1) is 0 Å². The van der Waals surface area contributed by atoms with Gasteiger partial charge in [-0.2, -0.15) is 5.26 Å². The zero-order chi connectivity index (χ0) is 15.6. The van der Waals surface area contributed by atoms with Crippen LogP contribution in [-0.4, -0.2) is 6.61 Å². The molecule has 1 aliphatic rings. The summed E-state index contributed by atoms with van der Waals surface area (Å²) in [5.74, 6) is 2.80. The summed E-state index contributed by atoms with van der Waals surface area (Å²) in [7, 11) is 0. The van der Waals surface area contributed by atoms with E-state index < -0.39 is 0 Å². The molecule has 1 aromatic rings. The van der Waals surface area contributed by atoms with Crippen molar-refractivity contribution < 1.29 is 4.74 Å². The molecule has 2 rings (SSSR count). The first-order valence-electron chi connectivity index (χ1n) is 8.94. The van der Waals surface area contributed by atoms with Crippen molar-refractivity contribution >= 4 is 0 Å². The molecule has 120 valence electrons. The van der Waals surface area contributed by atoms with Gasteiger partial charge in [-0.05, 0) is 48.9 Å². The quantitative estimate of drug-likeness (QED) is 0.576. The van der Waals surface area contributed by atoms with Crippen molar-refractivity contribution in [2.24, 2.45) is 11.8 Å². The molecule has 0 amide bonds. The molecule has 0 atom stereocenters. The first-order valence-corrected chi connectivity index (χ1v) is 8.94. The van der Waals surface area contributed by atoms with Crippen molar-refractivity contribution in [3.63, 3.8) is 0 Å². The van der Waals surface area contributed by atoms with E-state index in [1.165, 1.54) is 51.4 Å². The summed E-state index contributed by atoms with van der Waals surface area (Å²) in [4.78, 5) is 0. The molecule has 1 aliphatic carbocycles. The minimum Gasteiger partial charge on any atom is -0.494 e. The Labute approximate surface area is 135 Å². The van der Waals surface area contributed by atoms with E-state index in [-0.39, 0.29) is 0 Å². The van der Waals surface area contributed by atoms with Crippen LogP contribution in [0.4, 0.5) is 0 Å². The highest BCUT2D eigenvalue weighted by molar-refractivity contribution is 5.34. The summed E-state index contributed by atoms with van der Waals surface area (Å²) in [5.41, 5.74) is 0.687. The maximum Gasteiger partial charge on any atom is 0.119 e. The van der Waals surface area contributed by atoms with Crippen molar-refractivity contribution in [2.45, 2.75) is 64.7 Å². The summed E-state index contributed by atoms with van der Waals surface area (Å²) >= 11 is 0. The molecular weight excluding hydrogens is 270 g/mol. The van der Waals surface area contributed by atoms with Crippen LogP contribution in [0.1, 0.15) is 70.3 Å². The van der Waals surface area contributed by atoms with E-state index in [4.69, 9.17) is 10.00 Å². The van der Waals surface area contributed by atoms with Crippen LogP contribution >= 0.6 is 0 Å². The van der Waals surface area contributed by atoms with E-state index in [0.29, 0.717) is 5.56 Å². The zero-order valence-corrected chi connectivity index (χ0v) is 13.9. The predicted octanol–water partition coefficient (Wildman–Crippen LogP) is 5.71. The third-order valence-corrected chi connectivity index (χ3v) is 4.94. The van der Waals surface area contributed by atoms with Gasteiger partial charge >= 0.3 is 0 Å². The molecule has 0 unspecified atom stereocenters. The Kier molecular flexibility index (Phi) is 7.30. The molecule has 1 saturated carbocycles. The normalized spacial score (nSPS) is 21.3. The Morgan fingerprint density at radius 3 is 2.14 bits per heavy atom. The van der Waals surface area contributed by atoms with Gasteiger partial charge in [0.2, 0.25) is 0 Å². The lowest BCUT2D eigenvalue weighted by atomic mass is 9.78. The second kappa shape index (κ2) is 9.51. The van der Waals surface area contributed by atoms with Crippen molar-refractivity contribution in [1.29, 1.82) is 5.26 Å². The Bertz CT molecular complexity index is 452. The molecule has 0 spiro atoms. The number of hydrogen-bond donors (Lipinski definition) is 0. The fourth-order valence-electron chi connectivity index (χ4n) is 3.49. The van der Waals surface area contributed by atoms with Crippen molar-refractivity contribution in [3.8, 4) is 11.8 Å². The zero-order valence-electron chi connectivity index (χ0n) is 13.9. The summed E-state index contributed by atoms with van der Waals surface area (Å²) in [6.45, 7) is 3.08. The van der Waals surface area contributed by atoms with E-state index >= 15 is 0 Å². The fraction of sp³-hybridized carbons (Fsp3) is 0.650. The lowest BCUT2D eigenvalue weighted by Crippen LogP contribution is -2.15. The number of benzene rings is 1. The highest BCUT2D eigenvalue weighted by Crippen LogP contribution is 2.34. The van der Waals surface area contributed by atoms with E-state index in [9.17, 15) is 0 Å². The van der Waals surface area contributed by atoms with Gasteiger partial charge in [0.15, 0.2) is 0 Å². The second-order valence-corrected chi connectivity index (χ2v) is 6.66. The monoisotopic (exact) mass is 299 g/mol. The lowest BCUT2D eigenvalue weighted by molar-refractivity contribution is 0.228. The molecule has 2 nitrogen and oxygen atoms in total. The summed E-state index contributed by atoms with van der Waals surface area (Å²) in [6.07, 6.45) is 12.4. The second-order valence-electron chi connectivity index (χ2n) is 6.66. The predicted molar refractivity (Wildman–Crippen MR) is 90.9 cm³/mol. The van der Waals surface area contributed by atoms with Gasteiger partial charge < -0.3 is 4.74 Å². The van der Waals surface area contributed by atoms with Crippen LogP contribution < -0.4 is 4.74 Å². The van der Waals surface area contributed by atoms with Crippen LogP contribution in [0.5, 0.6) is 5.75 Å². The van der Waals surface area contributed by atoms with Gasteiger partial charge in [0.1, 0.15) is 5.75 Å². The van der Waals surface area contributed by atoms with Crippen LogP contribution in [0.2, 0.25) is 0 Å². The minimum atomic E-state index is 0.687. The van der Waals surface area contributed by atoms with E-state index in [1.807, 2.05) is 24.3 Å². The molecule has 1 aromatic carbocycles. The summed E-state index contributed by atoms with van der Waals surface area (Å²) < 4.78 is 5.76. The van der Waals surface area contributed by atoms with Crippen LogP contribution in [0.25, 0.3) is 0 Å². The van der Waals surface area contributed by atoms with Crippen molar-refractivity contribution in [3.05, 3.63) is 29.8 Å². The number of nitrogens with zero attached hydrogens (tertiary/aromatic N) is 1. The van der Waals surface area contributed by atoms with Crippen LogP contribution in [0.15, 0.2) is 24.3 Å². The molecule has 0 N–H and O–H groups in total. The number of unbranched alkanes of at least 4 members (excludes halogenated alkanes) is 1. The molecule has 0 bridgehead atoms. The van der Waals surface area contributed by atoms with Gasteiger partial charge in [-0.25, -0.2) is 0 Å². The van der Waals surface area contributed by atoms with Crippen molar-refractivity contribution in [1.82, 2.24) is 0 Å². The van der Waals surface area contributed by atoms with Gasteiger partial charge in [-0.1, -0.05) is 51.9 Å². The molecule has 22 heavy (non-hydrogen) atoms. The smallest absolute Gasteiger partial charge is 0.119 e. The Balaban J connectivity index is 1.56. The maximum absolute atomic E-state index is 8.76. The Morgan fingerprint density at radius 2 is 1.59 bits per heavy atom. The largest absolute Gasteiger partial charge is 0.494 e. The maximum atomic E-state index is 8.76. The van der Waals surface area contributed by atoms with Crippen LogP contribution in [-0.2, 0) is 0 Å². The lowest BCUT2D eigenvalue weighted by Gasteiger charge is -2.28. The Morgan fingerprint density at radius 1 is 1.00 bits per heavy atom. The fourth-order valence-corrected chi connectivity index (χ4v) is 3.49. The third-order valence-electron chi connectivity index (χ3n) is 4.94. The van der Waals surface area contributed by atoms with Crippen molar-refractivity contribution in [2.75, 3.05) is 6.61 Å². The average molecular weight is 299 g/mol. The van der Waals surface area contributed by atoms with Gasteiger partial charge in [0, 0.05) is 0 Å². The van der Waals surface area contributed by atoms with Crippen LogP contribution in [0.3, 0.4) is 0 Å². The molecule has 0 aromatic heterocycles. The number of nitriles is 1. The van der Waals surface area contributed by atoms with Gasteiger partial charge in [0.05, 0.1) is 18.2 Å². The number of hydrogen-bond acceptors (Lipinski definition) is 2. The first-order chi connectivity index (χ1) is 10.8. The third kappa shape index (κ3) is 5.72. The highest BCUT2D eigenvalue weighted by atomic mass is 16.5. The molecule has 0 aliphatic heterocycles. The number of rotatable bonds is 8. The topological polar surface area (TPSA) is 33.0 Å². The average Bonchev–Trinajstić information content (AvgIpc) is 2.58.